The summed E-state index contributed by atoms with van der Waals surface area (Å²) in [6.45, 7) is 4.58. The summed E-state index contributed by atoms with van der Waals surface area (Å²) in [7, 11) is 0. The van der Waals surface area contributed by atoms with Crippen LogP contribution in [0, 0.1) is 6.92 Å². The molecule has 3 N–H and O–H groups in total. The van der Waals surface area contributed by atoms with Crippen molar-refractivity contribution in [3.8, 4) is 0 Å². The third-order valence-electron chi connectivity index (χ3n) is 2.49. The van der Waals surface area contributed by atoms with Crippen LogP contribution in [0.5, 0.6) is 0 Å². The number of aryl methyl sites for hydroxylation is 1. The first-order valence-electron chi connectivity index (χ1n) is 5.67. The smallest absolute Gasteiger partial charge is 0.343 e. The minimum atomic E-state index is -0.188. The van der Waals surface area contributed by atoms with E-state index in [1.807, 2.05) is 19.9 Å². The van der Waals surface area contributed by atoms with E-state index in [0.717, 1.165) is 17.0 Å². The van der Waals surface area contributed by atoms with Crippen LogP contribution in [0.3, 0.4) is 0 Å². The van der Waals surface area contributed by atoms with E-state index in [1.54, 1.807) is 10.8 Å². The Bertz CT molecular complexity index is 604. The van der Waals surface area contributed by atoms with Crippen molar-refractivity contribution in [3.63, 3.8) is 0 Å². The van der Waals surface area contributed by atoms with Crippen molar-refractivity contribution >= 4 is 17.4 Å². The Hall–Kier alpha value is -1.76. The fourth-order valence-electron chi connectivity index (χ4n) is 1.49. The molecular weight excluding hydrogens is 250 g/mol. The van der Waals surface area contributed by atoms with Gasteiger partial charge in [-0.2, -0.15) is 0 Å². The van der Waals surface area contributed by atoms with E-state index in [0.29, 0.717) is 17.4 Å². The van der Waals surface area contributed by atoms with Crippen LogP contribution in [0.1, 0.15) is 18.9 Å². The number of nitrogen functional groups attached to an aromatic ring is 1. The molecular formula is C11H15N5OS. The van der Waals surface area contributed by atoms with Gasteiger partial charge in [0.25, 0.3) is 0 Å². The van der Waals surface area contributed by atoms with Gasteiger partial charge in [0.05, 0.1) is 11.9 Å². The maximum atomic E-state index is 11.5. The standard InChI is InChI=1S/C11H15N5OS/c1-3-4-16-10(17)14-15-11(16)18-9-5-7(2)8(12)6-13-9/h5-6H,3-4,12H2,1-2H3,(H,14,17). The molecule has 0 fully saturated rings. The van der Waals surface area contributed by atoms with Gasteiger partial charge in [0.1, 0.15) is 5.03 Å². The number of anilines is 1. The quantitative estimate of drug-likeness (QED) is 0.872. The number of pyridine rings is 1. The highest BCUT2D eigenvalue weighted by Crippen LogP contribution is 2.25. The van der Waals surface area contributed by atoms with Crippen LogP contribution < -0.4 is 11.4 Å². The van der Waals surface area contributed by atoms with Gasteiger partial charge in [-0.05, 0) is 36.7 Å². The molecule has 0 unspecified atom stereocenters. The number of nitrogens with one attached hydrogen (secondary N) is 1. The Morgan fingerprint density at radius 3 is 3.00 bits per heavy atom. The monoisotopic (exact) mass is 265 g/mol. The Morgan fingerprint density at radius 2 is 2.33 bits per heavy atom. The van der Waals surface area contributed by atoms with Crippen molar-refractivity contribution in [1.82, 2.24) is 19.7 Å². The Labute approximate surface area is 109 Å². The van der Waals surface area contributed by atoms with Crippen molar-refractivity contribution < 1.29 is 0 Å². The lowest BCUT2D eigenvalue weighted by Crippen LogP contribution is -2.17. The molecule has 0 atom stereocenters. The van der Waals surface area contributed by atoms with Gasteiger partial charge in [-0.1, -0.05) is 6.92 Å². The molecule has 0 bridgehead atoms. The van der Waals surface area contributed by atoms with Gasteiger partial charge < -0.3 is 5.73 Å². The van der Waals surface area contributed by atoms with Gasteiger partial charge in [-0.3, -0.25) is 4.57 Å². The van der Waals surface area contributed by atoms with E-state index in [4.69, 9.17) is 5.73 Å². The molecule has 0 spiro atoms. The minimum absolute atomic E-state index is 0.188. The molecule has 0 aliphatic heterocycles. The number of rotatable bonds is 4. The number of nitrogens with two attached hydrogens (primary N) is 1. The molecule has 0 saturated heterocycles. The zero-order valence-electron chi connectivity index (χ0n) is 10.3. The van der Waals surface area contributed by atoms with Gasteiger partial charge in [0.15, 0.2) is 5.16 Å². The van der Waals surface area contributed by atoms with Gasteiger partial charge in [0, 0.05) is 6.54 Å². The van der Waals surface area contributed by atoms with Crippen LogP contribution in [0.25, 0.3) is 0 Å². The molecule has 96 valence electrons. The van der Waals surface area contributed by atoms with E-state index < -0.39 is 0 Å². The van der Waals surface area contributed by atoms with Crippen LogP contribution in [0.4, 0.5) is 5.69 Å². The second kappa shape index (κ2) is 5.26. The molecule has 0 aliphatic carbocycles. The molecule has 0 saturated carbocycles. The number of nitrogens with zero attached hydrogens (tertiary/aromatic N) is 3. The predicted molar refractivity (Wildman–Crippen MR) is 70.6 cm³/mol. The summed E-state index contributed by atoms with van der Waals surface area (Å²) >= 11 is 1.35. The Morgan fingerprint density at radius 1 is 1.56 bits per heavy atom. The fraction of sp³-hybridized carbons (Fsp3) is 0.364. The first-order chi connectivity index (χ1) is 8.61. The molecule has 2 heterocycles. The van der Waals surface area contributed by atoms with E-state index in [9.17, 15) is 4.79 Å². The fourth-order valence-corrected chi connectivity index (χ4v) is 2.40. The van der Waals surface area contributed by atoms with Crippen LogP contribution >= 0.6 is 11.8 Å². The average Bonchev–Trinajstić information content (AvgIpc) is 2.67. The highest BCUT2D eigenvalue weighted by atomic mass is 32.2. The number of hydrogen-bond donors (Lipinski definition) is 2. The largest absolute Gasteiger partial charge is 0.397 e. The van der Waals surface area contributed by atoms with Gasteiger partial charge >= 0.3 is 5.69 Å². The number of hydrogen-bond acceptors (Lipinski definition) is 5. The molecule has 2 rings (SSSR count). The summed E-state index contributed by atoms with van der Waals surface area (Å²) in [5, 5.41) is 7.85. The zero-order chi connectivity index (χ0) is 13.1. The predicted octanol–water partition coefficient (Wildman–Crippen LogP) is 1.42. The van der Waals surface area contributed by atoms with E-state index >= 15 is 0 Å². The zero-order valence-corrected chi connectivity index (χ0v) is 11.1. The molecule has 6 nitrogen and oxygen atoms in total. The summed E-state index contributed by atoms with van der Waals surface area (Å²) in [4.78, 5) is 15.7. The summed E-state index contributed by atoms with van der Waals surface area (Å²) in [5.41, 5.74) is 7.15. The molecule has 0 radical (unpaired) electrons. The lowest BCUT2D eigenvalue weighted by molar-refractivity contribution is 0.603. The van der Waals surface area contributed by atoms with Gasteiger partial charge in [0.2, 0.25) is 0 Å². The lowest BCUT2D eigenvalue weighted by Gasteiger charge is -2.04. The molecule has 7 heteroatoms. The summed E-state index contributed by atoms with van der Waals surface area (Å²) < 4.78 is 1.61. The molecule has 2 aromatic heterocycles. The molecule has 2 aromatic rings. The van der Waals surface area contributed by atoms with Crippen LogP contribution in [-0.2, 0) is 6.54 Å². The highest BCUT2D eigenvalue weighted by molar-refractivity contribution is 7.99. The maximum Gasteiger partial charge on any atom is 0.343 e. The number of aromatic nitrogens is 4. The number of aromatic amines is 1. The number of H-pyrrole nitrogens is 1. The van der Waals surface area contributed by atoms with Crippen LogP contribution in [0.2, 0.25) is 0 Å². The molecule has 18 heavy (non-hydrogen) atoms. The second-order valence-corrected chi connectivity index (χ2v) is 4.93. The average molecular weight is 265 g/mol. The van der Waals surface area contributed by atoms with Gasteiger partial charge in [-0.15, -0.1) is 5.10 Å². The normalized spacial score (nSPS) is 10.8. The van der Waals surface area contributed by atoms with Crippen LogP contribution in [0.15, 0.2) is 27.2 Å². The van der Waals surface area contributed by atoms with Crippen molar-refractivity contribution in [3.05, 3.63) is 28.3 Å². The highest BCUT2D eigenvalue weighted by Gasteiger charge is 2.10. The summed E-state index contributed by atoms with van der Waals surface area (Å²) in [5.74, 6) is 0. The first kappa shape index (κ1) is 12.7. The minimum Gasteiger partial charge on any atom is -0.397 e. The topological polar surface area (TPSA) is 89.6 Å². The van der Waals surface area contributed by atoms with Crippen molar-refractivity contribution in [2.45, 2.75) is 37.0 Å². The van der Waals surface area contributed by atoms with E-state index in [2.05, 4.69) is 15.2 Å². The maximum absolute atomic E-state index is 11.5. The van der Waals surface area contributed by atoms with Crippen molar-refractivity contribution in [2.24, 2.45) is 0 Å². The van der Waals surface area contributed by atoms with Crippen molar-refractivity contribution in [1.29, 1.82) is 0 Å². The SMILES string of the molecule is CCCn1c(Sc2cc(C)c(N)cn2)n[nH]c1=O. The molecule has 0 aliphatic rings. The van der Waals surface area contributed by atoms with Crippen molar-refractivity contribution in [2.75, 3.05) is 5.73 Å². The third kappa shape index (κ3) is 2.56. The molecule has 0 amide bonds. The first-order valence-corrected chi connectivity index (χ1v) is 6.48. The summed E-state index contributed by atoms with van der Waals surface area (Å²) in [6.07, 6.45) is 2.49. The van der Waals surface area contributed by atoms with E-state index in [1.165, 1.54) is 11.8 Å². The molecule has 0 aromatic carbocycles. The Balaban J connectivity index is 2.28. The Kier molecular flexibility index (Phi) is 3.71. The lowest BCUT2D eigenvalue weighted by atomic mass is 10.3. The van der Waals surface area contributed by atoms with Crippen LogP contribution in [-0.4, -0.2) is 19.7 Å². The second-order valence-electron chi connectivity index (χ2n) is 3.94. The van der Waals surface area contributed by atoms with Gasteiger partial charge in [-0.25, -0.2) is 14.9 Å². The third-order valence-corrected chi connectivity index (χ3v) is 3.42. The summed E-state index contributed by atoms with van der Waals surface area (Å²) in [6, 6.07) is 1.88. The van der Waals surface area contributed by atoms with E-state index in [-0.39, 0.29) is 5.69 Å².